The first-order valence-corrected chi connectivity index (χ1v) is 20.2. The van der Waals surface area contributed by atoms with Gasteiger partial charge in [-0.05, 0) is 40.4 Å². The lowest BCUT2D eigenvalue weighted by Gasteiger charge is -2.16. The molecule has 0 N–H and O–H groups in total. The molecule has 0 aliphatic heterocycles. The van der Waals surface area contributed by atoms with Crippen LogP contribution in [0.25, 0.3) is 130 Å². The predicted octanol–water partition coefficient (Wildman–Crippen LogP) is 14.2. The molecule has 0 spiro atoms. The van der Waals surface area contributed by atoms with E-state index in [-0.39, 0.29) is 0 Å². The average Bonchev–Trinajstić information content (AvgIpc) is 3.92. The number of benzene rings is 9. The summed E-state index contributed by atoms with van der Waals surface area (Å²) in [6.07, 6.45) is 0. The topological polar surface area (TPSA) is 35.1 Å². The Balaban J connectivity index is 1.29. The van der Waals surface area contributed by atoms with Crippen LogP contribution in [-0.2, 0) is 0 Å². The summed E-state index contributed by atoms with van der Waals surface area (Å²) in [5.74, 6) is 0.827. The van der Waals surface area contributed by atoms with Crippen LogP contribution < -0.4 is 0 Å². The predicted molar refractivity (Wildman–Crippen MR) is 242 cm³/mol. The Morgan fingerprint density at radius 3 is 2.00 bits per heavy atom. The van der Waals surface area contributed by atoms with E-state index in [1.807, 2.05) is 11.3 Å². The Morgan fingerprint density at radius 2 is 1.11 bits per heavy atom. The molecule has 0 aliphatic carbocycles. The van der Waals surface area contributed by atoms with Crippen molar-refractivity contribution in [2.24, 2.45) is 0 Å². The van der Waals surface area contributed by atoms with E-state index in [1.54, 1.807) is 0 Å². The Hall–Kier alpha value is -7.34. The van der Waals surface area contributed by atoms with Gasteiger partial charge in [-0.25, -0.2) is 9.97 Å². The normalized spacial score (nSPS) is 12.6. The molecule has 14 aromatic rings. The van der Waals surface area contributed by atoms with Crippen LogP contribution in [0.3, 0.4) is 0 Å². The van der Waals surface area contributed by atoms with E-state index in [4.69, 9.17) is 9.97 Å². The summed E-state index contributed by atoms with van der Waals surface area (Å²) in [6.45, 7) is 0. The molecule has 0 aliphatic rings. The smallest absolute Gasteiger partial charge is 0.165 e. The zero-order valence-corrected chi connectivity index (χ0v) is 31.2. The maximum atomic E-state index is 5.72. The van der Waals surface area contributed by atoms with E-state index in [1.165, 1.54) is 79.8 Å². The average molecular weight is 741 g/mol. The van der Waals surface area contributed by atoms with Crippen LogP contribution in [0.5, 0.6) is 0 Å². The molecular formula is C52H28N4S. The second-order valence-corrected chi connectivity index (χ2v) is 16.3. The monoisotopic (exact) mass is 740 g/mol. The first kappa shape index (κ1) is 29.9. The van der Waals surface area contributed by atoms with Crippen LogP contribution in [0.4, 0.5) is 0 Å². The van der Waals surface area contributed by atoms with Gasteiger partial charge in [0.25, 0.3) is 0 Å². The first-order chi connectivity index (χ1) is 28.3. The summed E-state index contributed by atoms with van der Waals surface area (Å²) in [6, 6.07) is 61.9. The molecule has 262 valence electrons. The summed E-state index contributed by atoms with van der Waals surface area (Å²) in [5.41, 5.74) is 9.64. The second-order valence-electron chi connectivity index (χ2n) is 15.3. The van der Waals surface area contributed by atoms with Gasteiger partial charge in [-0.15, -0.1) is 11.3 Å². The summed E-state index contributed by atoms with van der Waals surface area (Å²) >= 11 is 1.90. The van der Waals surface area contributed by atoms with Crippen molar-refractivity contribution < 1.29 is 0 Å². The molecule has 5 heterocycles. The molecule has 0 amide bonds. The zero-order valence-electron chi connectivity index (χ0n) is 30.4. The zero-order chi connectivity index (χ0) is 36.9. The van der Waals surface area contributed by atoms with Crippen molar-refractivity contribution in [2.45, 2.75) is 0 Å². The summed E-state index contributed by atoms with van der Waals surface area (Å²) in [4.78, 5) is 11.2. The Labute approximate surface area is 328 Å². The number of rotatable bonds is 2. The molecule has 9 aromatic carbocycles. The van der Waals surface area contributed by atoms with Gasteiger partial charge < -0.3 is 4.40 Å². The van der Waals surface area contributed by atoms with Crippen molar-refractivity contribution in [1.82, 2.24) is 18.9 Å². The van der Waals surface area contributed by atoms with Gasteiger partial charge in [-0.2, -0.15) is 0 Å². The van der Waals surface area contributed by atoms with Crippen LogP contribution in [0, 0.1) is 0 Å². The van der Waals surface area contributed by atoms with E-state index in [9.17, 15) is 0 Å². The molecule has 0 unspecified atom stereocenters. The van der Waals surface area contributed by atoms with Crippen LogP contribution in [-0.4, -0.2) is 18.9 Å². The quantitative estimate of drug-likeness (QED) is 0.165. The highest BCUT2D eigenvalue weighted by molar-refractivity contribution is 7.26. The highest BCUT2D eigenvalue weighted by Crippen LogP contribution is 2.49. The highest BCUT2D eigenvalue weighted by Gasteiger charge is 2.27. The van der Waals surface area contributed by atoms with Gasteiger partial charge in [0.05, 0.1) is 43.3 Å². The third kappa shape index (κ3) is 3.77. The van der Waals surface area contributed by atoms with Crippen molar-refractivity contribution >= 4 is 124 Å². The fraction of sp³-hybridized carbons (Fsp3) is 0. The fourth-order valence-electron chi connectivity index (χ4n) is 10.0. The van der Waals surface area contributed by atoms with Crippen molar-refractivity contribution in [1.29, 1.82) is 0 Å². The molecule has 0 fully saturated rings. The third-order valence-corrected chi connectivity index (χ3v) is 13.6. The van der Waals surface area contributed by atoms with Crippen molar-refractivity contribution in [3.63, 3.8) is 0 Å². The number of para-hydroxylation sites is 1. The molecule has 0 radical (unpaired) electrons. The van der Waals surface area contributed by atoms with E-state index in [0.717, 1.165) is 49.9 Å². The molecule has 5 aromatic heterocycles. The van der Waals surface area contributed by atoms with Crippen molar-refractivity contribution in [3.8, 4) is 17.1 Å². The fourth-order valence-corrected chi connectivity index (χ4v) is 11.3. The minimum atomic E-state index is 0.827. The molecule has 14 rings (SSSR count). The summed E-state index contributed by atoms with van der Waals surface area (Å²) in [5, 5.41) is 14.7. The van der Waals surface area contributed by atoms with Crippen LogP contribution in [0.15, 0.2) is 170 Å². The molecule has 57 heavy (non-hydrogen) atoms. The minimum absolute atomic E-state index is 0.827. The van der Waals surface area contributed by atoms with Crippen molar-refractivity contribution in [2.75, 3.05) is 0 Å². The maximum Gasteiger partial charge on any atom is 0.165 e. The van der Waals surface area contributed by atoms with Crippen LogP contribution in [0.1, 0.15) is 0 Å². The molecule has 0 bridgehead atoms. The third-order valence-electron chi connectivity index (χ3n) is 12.4. The van der Waals surface area contributed by atoms with Gasteiger partial charge in [0, 0.05) is 58.7 Å². The molecule has 0 saturated carbocycles. The standard InChI is InChI=1S/C52H28N4S/c1-2-13-30(14-3-1)46-52(54-47-32-16-6-4-12-29(32)24-27-40(47)53-46)56-41-22-11-19-35-36-20-10-21-37-38-25-26-39-34-18-8-9-23-43(34)57-51(39)50(38)55(48(36)37)42-28-31-15-5-7-17-33(31)49(56)45(42)44(35)41/h1-28H. The number of hydrogen-bond acceptors (Lipinski definition) is 3. The van der Waals surface area contributed by atoms with Gasteiger partial charge in [0.1, 0.15) is 5.69 Å². The van der Waals surface area contributed by atoms with E-state index in [0.29, 0.717) is 0 Å². The van der Waals surface area contributed by atoms with Gasteiger partial charge in [-0.1, -0.05) is 146 Å². The Kier molecular flexibility index (Phi) is 5.62. The first-order valence-electron chi connectivity index (χ1n) is 19.4. The molecule has 5 heteroatoms. The van der Waals surface area contributed by atoms with E-state index >= 15 is 0 Å². The van der Waals surface area contributed by atoms with Gasteiger partial charge in [0.15, 0.2) is 5.82 Å². The second kappa shape index (κ2) is 10.7. The molecule has 4 nitrogen and oxygen atoms in total. The van der Waals surface area contributed by atoms with Crippen LogP contribution in [0.2, 0.25) is 0 Å². The van der Waals surface area contributed by atoms with E-state index in [2.05, 4.69) is 179 Å². The highest BCUT2D eigenvalue weighted by atomic mass is 32.1. The van der Waals surface area contributed by atoms with Crippen LogP contribution >= 0.6 is 11.3 Å². The van der Waals surface area contributed by atoms with Gasteiger partial charge in [0.2, 0.25) is 0 Å². The molecule has 0 saturated heterocycles. The van der Waals surface area contributed by atoms with Crippen molar-refractivity contribution in [3.05, 3.63) is 170 Å². The summed E-state index contributed by atoms with van der Waals surface area (Å²) in [7, 11) is 0. The lowest BCUT2D eigenvalue weighted by atomic mass is 10.0. The number of thiophene rings is 1. The number of fused-ring (bicyclic) bond motifs is 14. The van der Waals surface area contributed by atoms with Gasteiger partial charge >= 0.3 is 0 Å². The minimum Gasteiger partial charge on any atom is -0.306 e. The Morgan fingerprint density at radius 1 is 0.421 bits per heavy atom. The molecular weight excluding hydrogens is 713 g/mol. The number of aromatic nitrogens is 4. The lowest BCUT2D eigenvalue weighted by molar-refractivity contribution is 1.09. The lowest BCUT2D eigenvalue weighted by Crippen LogP contribution is -2.04. The summed E-state index contributed by atoms with van der Waals surface area (Å²) < 4.78 is 7.66. The number of nitrogens with zero attached hydrogens (tertiary/aromatic N) is 4. The SMILES string of the molecule is c1ccc(-c2nc3ccc4ccccc4c3nc2-n2c3cccc4c5cccc6c7ccc8c9ccccc9sc8c7n(c7cc8ccccc8c2c7c43)c56)cc1. The Bertz CT molecular complexity index is 4040. The van der Waals surface area contributed by atoms with Gasteiger partial charge in [-0.3, -0.25) is 4.57 Å². The maximum absolute atomic E-state index is 5.72. The number of hydrogen-bond donors (Lipinski definition) is 0. The largest absolute Gasteiger partial charge is 0.306 e. The van der Waals surface area contributed by atoms with E-state index < -0.39 is 0 Å². The molecule has 0 atom stereocenters.